The van der Waals surface area contributed by atoms with Gasteiger partial charge in [0.2, 0.25) is 6.41 Å². The van der Waals surface area contributed by atoms with E-state index in [1.165, 1.54) is 24.4 Å². The molecule has 8 nitrogen and oxygen atoms in total. The Balaban J connectivity index is 1.55. The molecule has 13 heteroatoms. The van der Waals surface area contributed by atoms with Gasteiger partial charge >= 0.3 is 12.4 Å². The number of nitrogens with zero attached hydrogens (tertiary/aromatic N) is 3. The molecule has 174 valence electrons. The Morgan fingerprint density at radius 3 is 2.65 bits per heavy atom. The van der Waals surface area contributed by atoms with Gasteiger partial charge in [0.25, 0.3) is 0 Å². The van der Waals surface area contributed by atoms with Crippen molar-refractivity contribution < 1.29 is 36.6 Å². The molecule has 34 heavy (non-hydrogen) atoms. The summed E-state index contributed by atoms with van der Waals surface area (Å²) in [5.74, 6) is -0.0369. The lowest BCUT2D eigenvalue weighted by Crippen LogP contribution is -2.41. The van der Waals surface area contributed by atoms with Crippen LogP contribution in [0, 0.1) is 11.3 Å². The van der Waals surface area contributed by atoms with Gasteiger partial charge in [0, 0.05) is 12.3 Å². The van der Waals surface area contributed by atoms with Crippen LogP contribution in [-0.2, 0) is 15.6 Å². The molecule has 0 aliphatic carbocycles. The molecule has 0 saturated heterocycles. The third-order valence-corrected chi connectivity index (χ3v) is 5.01. The first-order valence-corrected chi connectivity index (χ1v) is 10.0. The van der Waals surface area contributed by atoms with Crippen molar-refractivity contribution in [3.05, 3.63) is 70.5 Å². The van der Waals surface area contributed by atoms with Crippen LogP contribution in [0.3, 0.4) is 0 Å². The maximum atomic E-state index is 14.0. The molecule has 0 spiro atoms. The van der Waals surface area contributed by atoms with Crippen molar-refractivity contribution in [2.75, 3.05) is 10.4 Å². The number of nitrogens with one attached hydrogen (secondary N) is 1. The number of alkyl halides is 4. The number of hydrogen-bond acceptors (Lipinski definition) is 7. The second-order valence-electron chi connectivity index (χ2n) is 6.69. The molecule has 0 unspecified atom stereocenters. The fraction of sp³-hybridized carbons (Fsp3) is 0.0952. The molecular formula is C21H11BrF4N4O4. The number of halogens is 5. The van der Waals surface area contributed by atoms with E-state index >= 15 is 0 Å². The zero-order chi connectivity index (χ0) is 24.5. The summed E-state index contributed by atoms with van der Waals surface area (Å²) >= 11 is 3.33. The van der Waals surface area contributed by atoms with Gasteiger partial charge in [-0.2, -0.15) is 14.0 Å². The molecule has 0 saturated carbocycles. The lowest BCUT2D eigenvalue weighted by molar-refractivity contribution is -0.461. The molecule has 0 radical (unpaired) electrons. The van der Waals surface area contributed by atoms with Crippen LogP contribution in [-0.4, -0.2) is 17.7 Å². The molecule has 1 aliphatic heterocycles. The van der Waals surface area contributed by atoms with Crippen molar-refractivity contribution in [2.45, 2.75) is 12.4 Å². The minimum atomic E-state index is -4.50. The molecule has 0 fully saturated rings. The van der Waals surface area contributed by atoms with Crippen LogP contribution >= 0.6 is 15.9 Å². The Labute approximate surface area is 197 Å². The molecule has 2 heterocycles. The number of aromatic nitrogens is 1. The highest BCUT2D eigenvalue weighted by molar-refractivity contribution is 9.10. The van der Waals surface area contributed by atoms with E-state index in [2.05, 4.69) is 35.8 Å². The highest BCUT2D eigenvalue weighted by Gasteiger charge is 2.54. The van der Waals surface area contributed by atoms with Crippen LogP contribution in [0.4, 0.5) is 28.9 Å². The van der Waals surface area contributed by atoms with E-state index in [0.29, 0.717) is 28.1 Å². The summed E-state index contributed by atoms with van der Waals surface area (Å²) in [6, 6.07) is 12.3. The smallest absolute Gasteiger partial charge is 0.456 e. The number of pyridine rings is 1. The normalized spacial score (nSPS) is 15.3. The van der Waals surface area contributed by atoms with E-state index in [0.717, 1.165) is 23.2 Å². The van der Waals surface area contributed by atoms with Gasteiger partial charge in [-0.1, -0.05) is 0 Å². The molecular weight excluding hydrogens is 528 g/mol. The summed E-state index contributed by atoms with van der Waals surface area (Å²) in [6.07, 6.45) is -7.12. The van der Waals surface area contributed by atoms with E-state index in [1.54, 1.807) is 12.1 Å². The van der Waals surface area contributed by atoms with Crippen molar-refractivity contribution in [1.82, 2.24) is 4.98 Å². The van der Waals surface area contributed by atoms with Gasteiger partial charge in [-0.25, -0.2) is 14.7 Å². The van der Waals surface area contributed by atoms with Gasteiger partial charge in [-0.3, -0.25) is 10.2 Å². The van der Waals surface area contributed by atoms with Gasteiger partial charge < -0.3 is 9.47 Å². The number of fused-ring (bicyclic) bond motifs is 1. The Hall–Kier alpha value is -3.89. The monoisotopic (exact) mass is 538 g/mol. The summed E-state index contributed by atoms with van der Waals surface area (Å²) in [7, 11) is 0. The number of hydrogen-bond donors (Lipinski definition) is 1. The third-order valence-electron chi connectivity index (χ3n) is 4.39. The average molecular weight is 539 g/mol. The van der Waals surface area contributed by atoms with Gasteiger partial charge in [0.15, 0.2) is 0 Å². The van der Waals surface area contributed by atoms with Gasteiger partial charge in [-0.15, -0.1) is 8.78 Å². The zero-order valence-corrected chi connectivity index (χ0v) is 18.2. The van der Waals surface area contributed by atoms with E-state index in [9.17, 15) is 22.4 Å². The number of amides is 1. The van der Waals surface area contributed by atoms with Crippen molar-refractivity contribution in [1.29, 1.82) is 5.26 Å². The van der Waals surface area contributed by atoms with Gasteiger partial charge in [0.1, 0.15) is 29.0 Å². The number of nitriles is 1. The van der Waals surface area contributed by atoms with Crippen LogP contribution in [0.5, 0.6) is 17.2 Å². The summed E-state index contributed by atoms with van der Waals surface area (Å²) in [5, 5.41) is 9.78. The SMILES string of the molecule is N#Cc1cc(Oc2ccc(NN(C=O)c3ccc4c(c3)C(F)(F)OC(F)(F)O4)cc2Br)ccn1. The molecule has 4 rings (SSSR count). The van der Waals surface area contributed by atoms with Gasteiger partial charge in [-0.05, 0) is 58.4 Å². The first kappa shape index (κ1) is 23.3. The fourth-order valence-corrected chi connectivity index (χ4v) is 3.40. The number of carbonyl (C=O) groups excluding carboxylic acids is 1. The number of anilines is 2. The molecule has 1 aliphatic rings. The minimum absolute atomic E-state index is 0.0943. The topological polar surface area (TPSA) is 96.7 Å². The van der Waals surface area contributed by atoms with Crippen LogP contribution < -0.4 is 19.9 Å². The standard InChI is InChI=1S/C21H11BrF4N4O4/c22-17-8-12(1-3-19(17)32-15-5-6-28-13(7-15)10-27)29-30(11-31)14-2-4-18-16(9-14)20(23,24)34-21(25,26)33-18/h1-9,11,29H. The summed E-state index contributed by atoms with van der Waals surface area (Å²) in [4.78, 5) is 15.5. The van der Waals surface area contributed by atoms with E-state index < -0.39 is 23.7 Å². The number of ether oxygens (including phenoxy) is 3. The van der Waals surface area contributed by atoms with Crippen LogP contribution in [0.1, 0.15) is 11.3 Å². The molecule has 1 amide bonds. The highest BCUT2D eigenvalue weighted by Crippen LogP contribution is 2.47. The molecule has 1 N–H and O–H groups in total. The maximum absolute atomic E-state index is 14.0. The number of benzene rings is 2. The second-order valence-corrected chi connectivity index (χ2v) is 7.54. The first-order chi connectivity index (χ1) is 16.1. The van der Waals surface area contributed by atoms with Crippen LogP contribution in [0.2, 0.25) is 0 Å². The van der Waals surface area contributed by atoms with Crippen molar-refractivity contribution in [3.63, 3.8) is 0 Å². The second kappa shape index (κ2) is 8.81. The third kappa shape index (κ3) is 4.87. The predicted octanol–water partition coefficient (Wildman–Crippen LogP) is 5.51. The largest absolute Gasteiger partial charge is 0.540 e. The lowest BCUT2D eigenvalue weighted by atomic mass is 10.1. The number of hydrazine groups is 1. The molecule has 0 atom stereocenters. The summed E-state index contributed by atoms with van der Waals surface area (Å²) in [5.41, 5.74) is 2.15. The van der Waals surface area contributed by atoms with Crippen LogP contribution in [0.25, 0.3) is 0 Å². The van der Waals surface area contributed by atoms with Crippen molar-refractivity contribution in [2.24, 2.45) is 0 Å². The van der Waals surface area contributed by atoms with Crippen molar-refractivity contribution >= 4 is 33.7 Å². The average Bonchev–Trinajstić information content (AvgIpc) is 2.78. The predicted molar refractivity (Wildman–Crippen MR) is 112 cm³/mol. The first-order valence-electron chi connectivity index (χ1n) is 9.24. The highest BCUT2D eigenvalue weighted by atomic mass is 79.9. The minimum Gasteiger partial charge on any atom is -0.456 e. The van der Waals surface area contributed by atoms with Gasteiger partial charge in [0.05, 0.1) is 21.4 Å². The van der Waals surface area contributed by atoms with E-state index in [-0.39, 0.29) is 11.4 Å². The Bertz CT molecular complexity index is 1300. The Kier molecular flexibility index (Phi) is 6.03. The quantitative estimate of drug-likeness (QED) is 0.251. The molecule has 2 aromatic carbocycles. The Morgan fingerprint density at radius 1 is 1.15 bits per heavy atom. The van der Waals surface area contributed by atoms with Crippen molar-refractivity contribution in [3.8, 4) is 23.3 Å². The summed E-state index contributed by atoms with van der Waals surface area (Å²) < 4.78 is 68.2. The maximum Gasteiger partial charge on any atom is 0.540 e. The fourth-order valence-electron chi connectivity index (χ4n) is 2.94. The molecule has 3 aromatic rings. The lowest BCUT2D eigenvalue weighted by Gasteiger charge is -2.31. The number of carbonyl (C=O) groups is 1. The molecule has 0 bridgehead atoms. The number of rotatable bonds is 6. The Morgan fingerprint density at radius 2 is 1.94 bits per heavy atom. The van der Waals surface area contributed by atoms with E-state index in [1.807, 2.05) is 6.07 Å². The zero-order valence-electron chi connectivity index (χ0n) is 16.6. The van der Waals surface area contributed by atoms with E-state index in [4.69, 9.17) is 10.00 Å². The summed E-state index contributed by atoms with van der Waals surface area (Å²) in [6.45, 7) is 0. The molecule has 1 aromatic heterocycles. The van der Waals surface area contributed by atoms with Crippen LogP contribution in [0.15, 0.2) is 59.2 Å².